The Bertz CT molecular complexity index is 827. The Morgan fingerprint density at radius 3 is 1.80 bits per heavy atom. The van der Waals surface area contributed by atoms with E-state index in [-0.39, 0.29) is 12.5 Å². The summed E-state index contributed by atoms with van der Waals surface area (Å²) in [7, 11) is 2.05. The molecule has 0 aromatic heterocycles. The average molecular weight is 411 g/mol. The second-order valence-electron chi connectivity index (χ2n) is 8.02. The van der Waals surface area contributed by atoms with Crippen LogP contribution < -0.4 is 10.9 Å². The van der Waals surface area contributed by atoms with E-state index in [4.69, 9.17) is 0 Å². The van der Waals surface area contributed by atoms with Crippen molar-refractivity contribution in [3.05, 3.63) is 70.8 Å². The minimum absolute atomic E-state index is 0.196. The molecule has 0 atom stereocenters. The van der Waals surface area contributed by atoms with Crippen LogP contribution in [0.1, 0.15) is 22.3 Å². The highest BCUT2D eigenvalue weighted by Crippen LogP contribution is 2.30. The molecule has 0 aliphatic carbocycles. The lowest BCUT2D eigenvalue weighted by atomic mass is 9.85. The first-order valence-corrected chi connectivity index (χ1v) is 10.2. The van der Waals surface area contributed by atoms with Gasteiger partial charge in [0, 0.05) is 26.2 Å². The van der Waals surface area contributed by atoms with Crippen LogP contribution in [0.3, 0.4) is 0 Å². The van der Waals surface area contributed by atoms with Crippen LogP contribution in [-0.4, -0.2) is 66.5 Å². The summed E-state index contributed by atoms with van der Waals surface area (Å²) in [6.45, 7) is 7.48. The van der Waals surface area contributed by atoms with Crippen LogP contribution in [-0.2, 0) is 15.2 Å². The number of likely N-dealkylation sites (N-methyl/N-ethyl adjacent to an activating group) is 1. The van der Waals surface area contributed by atoms with Crippen LogP contribution in [0.2, 0.25) is 0 Å². The Balaban J connectivity index is 1.73. The van der Waals surface area contributed by atoms with E-state index >= 15 is 0 Å². The van der Waals surface area contributed by atoms with Crippen molar-refractivity contribution in [2.45, 2.75) is 19.4 Å². The highest BCUT2D eigenvalue weighted by molar-refractivity contribution is 5.92. The third-order valence-corrected chi connectivity index (χ3v) is 5.55. The maximum Gasteiger partial charge on any atom is 0.279 e. The van der Waals surface area contributed by atoms with Crippen LogP contribution in [0.5, 0.6) is 0 Å². The van der Waals surface area contributed by atoms with Crippen molar-refractivity contribution >= 4 is 11.8 Å². The quantitative estimate of drug-likeness (QED) is 0.639. The van der Waals surface area contributed by atoms with E-state index in [2.05, 4.69) is 22.8 Å². The van der Waals surface area contributed by atoms with E-state index in [0.717, 1.165) is 37.3 Å². The summed E-state index contributed by atoms with van der Waals surface area (Å²) in [6, 6.07) is 14.3. The molecule has 0 saturated carbocycles. The van der Waals surface area contributed by atoms with Crippen LogP contribution in [0.15, 0.2) is 48.5 Å². The highest BCUT2D eigenvalue weighted by atomic mass is 16.3. The van der Waals surface area contributed by atoms with Gasteiger partial charge in [0.05, 0.1) is 6.54 Å². The first-order valence-electron chi connectivity index (χ1n) is 10.2. The molecule has 3 N–H and O–H groups in total. The molecule has 0 unspecified atom stereocenters. The van der Waals surface area contributed by atoms with Crippen LogP contribution in [0.4, 0.5) is 0 Å². The molecule has 0 radical (unpaired) electrons. The van der Waals surface area contributed by atoms with Gasteiger partial charge in [-0.15, -0.1) is 0 Å². The fourth-order valence-electron chi connectivity index (χ4n) is 3.48. The van der Waals surface area contributed by atoms with Gasteiger partial charge in [0.2, 0.25) is 0 Å². The largest absolute Gasteiger partial charge is 0.372 e. The maximum absolute atomic E-state index is 13.1. The standard InChI is InChI=1S/C23H30N4O3/c1-17-4-8-19(9-5-17)23(30,20-10-6-18(2)7-11-20)22(29)25-24-21(28)16-27-14-12-26(3)13-15-27/h4-11,30H,12-16H2,1-3H3,(H,24,28)(H,25,29). The monoisotopic (exact) mass is 410 g/mol. The number of hydrogen-bond acceptors (Lipinski definition) is 5. The summed E-state index contributed by atoms with van der Waals surface area (Å²) in [5.74, 6) is -1.02. The summed E-state index contributed by atoms with van der Waals surface area (Å²) in [5, 5.41) is 11.5. The molecule has 1 saturated heterocycles. The number of nitrogens with one attached hydrogen (secondary N) is 2. The first kappa shape index (κ1) is 22.0. The molecular formula is C23H30N4O3. The molecule has 1 heterocycles. The van der Waals surface area contributed by atoms with Crippen molar-refractivity contribution in [2.75, 3.05) is 39.8 Å². The van der Waals surface area contributed by atoms with Crippen molar-refractivity contribution < 1.29 is 14.7 Å². The molecule has 3 rings (SSSR count). The Morgan fingerprint density at radius 1 is 0.867 bits per heavy atom. The highest BCUT2D eigenvalue weighted by Gasteiger charge is 2.40. The van der Waals surface area contributed by atoms with Crippen molar-refractivity contribution in [1.82, 2.24) is 20.7 Å². The van der Waals surface area contributed by atoms with E-state index in [9.17, 15) is 14.7 Å². The molecule has 2 aromatic carbocycles. The van der Waals surface area contributed by atoms with E-state index in [0.29, 0.717) is 11.1 Å². The van der Waals surface area contributed by atoms with Crippen molar-refractivity contribution in [2.24, 2.45) is 0 Å². The summed E-state index contributed by atoms with van der Waals surface area (Å²) in [4.78, 5) is 29.6. The number of carbonyl (C=O) groups excluding carboxylic acids is 2. The number of aryl methyl sites for hydroxylation is 2. The number of piperazine rings is 1. The summed E-state index contributed by atoms with van der Waals surface area (Å²) in [6.07, 6.45) is 0. The Labute approximate surface area is 177 Å². The topological polar surface area (TPSA) is 84.9 Å². The molecule has 0 bridgehead atoms. The van der Waals surface area contributed by atoms with Gasteiger partial charge in [-0.25, -0.2) is 0 Å². The number of carbonyl (C=O) groups is 2. The van der Waals surface area contributed by atoms with Crippen molar-refractivity contribution in [1.29, 1.82) is 0 Å². The number of hydrogen-bond donors (Lipinski definition) is 3. The van der Waals surface area contributed by atoms with Gasteiger partial charge < -0.3 is 10.0 Å². The van der Waals surface area contributed by atoms with Gasteiger partial charge in [0.15, 0.2) is 5.60 Å². The lowest BCUT2D eigenvalue weighted by molar-refractivity contribution is -0.140. The zero-order valence-electron chi connectivity index (χ0n) is 17.8. The van der Waals surface area contributed by atoms with Gasteiger partial charge in [-0.05, 0) is 32.0 Å². The summed E-state index contributed by atoms with van der Waals surface area (Å²) in [5.41, 5.74) is 5.85. The number of rotatable bonds is 5. The predicted octanol–water partition coefficient (Wildman–Crippen LogP) is 0.934. The molecule has 2 aromatic rings. The lowest BCUT2D eigenvalue weighted by Crippen LogP contribution is -2.55. The summed E-state index contributed by atoms with van der Waals surface area (Å²) < 4.78 is 0. The fraction of sp³-hybridized carbons (Fsp3) is 0.391. The van der Waals surface area contributed by atoms with Crippen LogP contribution in [0, 0.1) is 13.8 Å². The SMILES string of the molecule is Cc1ccc(C(O)(C(=O)NNC(=O)CN2CCN(C)CC2)c2ccc(C)cc2)cc1. The van der Waals surface area contributed by atoms with Gasteiger partial charge in [-0.3, -0.25) is 25.3 Å². The second-order valence-corrected chi connectivity index (χ2v) is 8.02. The normalized spacial score (nSPS) is 15.6. The Hall–Kier alpha value is -2.74. The zero-order valence-corrected chi connectivity index (χ0v) is 17.8. The van der Waals surface area contributed by atoms with Gasteiger partial charge in [0.25, 0.3) is 11.8 Å². The molecule has 1 fully saturated rings. The maximum atomic E-state index is 13.1. The zero-order chi connectivity index (χ0) is 21.7. The van der Waals surface area contributed by atoms with E-state index < -0.39 is 11.5 Å². The fourth-order valence-corrected chi connectivity index (χ4v) is 3.48. The third kappa shape index (κ3) is 5.05. The average Bonchev–Trinajstić information content (AvgIpc) is 2.74. The number of amides is 2. The van der Waals surface area contributed by atoms with Crippen molar-refractivity contribution in [3.63, 3.8) is 0 Å². The molecule has 0 spiro atoms. The number of hydrazine groups is 1. The smallest absolute Gasteiger partial charge is 0.279 e. The molecule has 30 heavy (non-hydrogen) atoms. The lowest BCUT2D eigenvalue weighted by Gasteiger charge is -2.32. The molecule has 160 valence electrons. The molecule has 1 aliphatic rings. The van der Waals surface area contributed by atoms with Gasteiger partial charge >= 0.3 is 0 Å². The number of aliphatic hydroxyl groups is 1. The number of benzene rings is 2. The summed E-state index contributed by atoms with van der Waals surface area (Å²) >= 11 is 0. The van der Waals surface area contributed by atoms with E-state index in [1.54, 1.807) is 24.3 Å². The second kappa shape index (κ2) is 9.38. The Morgan fingerprint density at radius 2 is 1.33 bits per heavy atom. The molecule has 7 heteroatoms. The molecule has 7 nitrogen and oxygen atoms in total. The van der Waals surface area contributed by atoms with Gasteiger partial charge in [-0.1, -0.05) is 59.7 Å². The molecule has 1 aliphatic heterocycles. The minimum Gasteiger partial charge on any atom is -0.372 e. The van der Waals surface area contributed by atoms with E-state index in [1.165, 1.54) is 0 Å². The van der Waals surface area contributed by atoms with Gasteiger partial charge in [-0.2, -0.15) is 0 Å². The molecular weight excluding hydrogens is 380 g/mol. The first-order chi connectivity index (χ1) is 14.3. The molecule has 2 amide bonds. The van der Waals surface area contributed by atoms with Crippen molar-refractivity contribution in [3.8, 4) is 0 Å². The number of nitrogens with zero attached hydrogens (tertiary/aromatic N) is 2. The van der Waals surface area contributed by atoms with Crippen LogP contribution in [0.25, 0.3) is 0 Å². The third-order valence-electron chi connectivity index (χ3n) is 5.55. The van der Waals surface area contributed by atoms with Crippen LogP contribution >= 0.6 is 0 Å². The minimum atomic E-state index is -1.93. The van der Waals surface area contributed by atoms with Gasteiger partial charge in [0.1, 0.15) is 0 Å². The van der Waals surface area contributed by atoms with E-state index in [1.807, 2.05) is 43.0 Å². The predicted molar refractivity (Wildman–Crippen MR) is 116 cm³/mol. The Kier molecular flexibility index (Phi) is 6.87.